The molecule has 5 nitrogen and oxygen atoms in total. The Balaban J connectivity index is 2.54. The summed E-state index contributed by atoms with van der Waals surface area (Å²) in [5, 5.41) is 12.2. The number of carbonyl (C=O) groups excluding carboxylic acids is 1. The van der Waals surface area contributed by atoms with E-state index in [0.29, 0.717) is 19.3 Å². The Kier molecular flexibility index (Phi) is 4.37. The van der Waals surface area contributed by atoms with Crippen LogP contribution in [-0.4, -0.2) is 32.4 Å². The number of hydrogen-bond donors (Lipinski definition) is 1. The number of amides is 1. The minimum atomic E-state index is -0.850. The third-order valence-electron chi connectivity index (χ3n) is 3.76. The lowest BCUT2D eigenvalue weighted by Gasteiger charge is -2.41. The van der Waals surface area contributed by atoms with E-state index in [-0.39, 0.29) is 5.91 Å². The van der Waals surface area contributed by atoms with Crippen molar-refractivity contribution in [1.82, 2.24) is 9.88 Å². The van der Waals surface area contributed by atoms with Gasteiger partial charge < -0.3 is 10.0 Å². The molecule has 0 radical (unpaired) electrons. The summed E-state index contributed by atoms with van der Waals surface area (Å²) in [7, 11) is 0. The van der Waals surface area contributed by atoms with Gasteiger partial charge in [-0.3, -0.25) is 9.59 Å². The Labute approximate surface area is 129 Å². The maximum Gasteiger partial charge on any atom is 0.309 e. The van der Waals surface area contributed by atoms with Crippen LogP contribution >= 0.6 is 11.3 Å². The molecule has 1 amide bonds. The van der Waals surface area contributed by atoms with E-state index in [0.717, 1.165) is 10.7 Å². The molecule has 2 rings (SSSR count). The van der Waals surface area contributed by atoms with Crippen LogP contribution < -0.4 is 0 Å². The van der Waals surface area contributed by atoms with E-state index in [1.165, 1.54) is 11.3 Å². The fourth-order valence-electron chi connectivity index (χ4n) is 2.93. The highest BCUT2D eigenvalue weighted by molar-refractivity contribution is 7.09. The number of aromatic nitrogens is 1. The van der Waals surface area contributed by atoms with Crippen LogP contribution in [0, 0.1) is 12.8 Å². The van der Waals surface area contributed by atoms with Crippen molar-refractivity contribution in [1.29, 1.82) is 0 Å². The van der Waals surface area contributed by atoms with Crippen molar-refractivity contribution in [3.05, 3.63) is 16.1 Å². The van der Waals surface area contributed by atoms with Gasteiger partial charge in [0.2, 0.25) is 5.91 Å². The highest BCUT2D eigenvalue weighted by atomic mass is 32.1. The molecule has 1 aromatic rings. The minimum absolute atomic E-state index is 0.0177. The third-order valence-corrected chi connectivity index (χ3v) is 4.80. The molecule has 116 valence electrons. The second-order valence-corrected chi connectivity index (χ2v) is 7.43. The number of aliphatic carboxylic acids is 1. The van der Waals surface area contributed by atoms with Gasteiger partial charge in [0.15, 0.2) is 0 Å². The predicted octanol–water partition coefficient (Wildman–Crippen LogP) is 3.00. The smallest absolute Gasteiger partial charge is 0.309 e. The molecule has 2 unspecified atom stereocenters. The summed E-state index contributed by atoms with van der Waals surface area (Å²) in [6.45, 7) is 7.73. The summed E-state index contributed by atoms with van der Waals surface area (Å²) in [5.74, 6) is -1.43. The van der Waals surface area contributed by atoms with Crippen molar-refractivity contribution in [2.75, 3.05) is 0 Å². The third kappa shape index (κ3) is 3.26. The zero-order valence-electron chi connectivity index (χ0n) is 12.9. The molecule has 1 saturated heterocycles. The van der Waals surface area contributed by atoms with Gasteiger partial charge in [0, 0.05) is 23.0 Å². The minimum Gasteiger partial charge on any atom is -0.481 e. The zero-order chi connectivity index (χ0) is 15.8. The number of rotatable bonds is 2. The highest BCUT2D eigenvalue weighted by Crippen LogP contribution is 2.40. The number of hydrogen-bond acceptors (Lipinski definition) is 4. The van der Waals surface area contributed by atoms with E-state index >= 15 is 0 Å². The van der Waals surface area contributed by atoms with Gasteiger partial charge in [0.25, 0.3) is 0 Å². The average Bonchev–Trinajstić information content (AvgIpc) is 2.67. The first-order chi connectivity index (χ1) is 9.71. The van der Waals surface area contributed by atoms with Crippen molar-refractivity contribution >= 4 is 23.2 Å². The summed E-state index contributed by atoms with van der Waals surface area (Å²) in [6.07, 6.45) is 1.53. The summed E-state index contributed by atoms with van der Waals surface area (Å²) < 4.78 is 0. The molecule has 1 fully saturated rings. The van der Waals surface area contributed by atoms with Gasteiger partial charge in [0.05, 0.1) is 12.0 Å². The van der Waals surface area contributed by atoms with E-state index in [4.69, 9.17) is 0 Å². The number of carboxylic acids is 1. The molecule has 1 N–H and O–H groups in total. The number of thiazole rings is 1. The molecule has 6 heteroatoms. The van der Waals surface area contributed by atoms with Crippen molar-refractivity contribution in [3.63, 3.8) is 0 Å². The van der Waals surface area contributed by atoms with Crippen molar-refractivity contribution in [2.45, 2.75) is 58.5 Å². The monoisotopic (exact) mass is 310 g/mol. The zero-order valence-corrected chi connectivity index (χ0v) is 13.7. The Bertz CT molecular complexity index is 547. The molecule has 0 spiro atoms. The van der Waals surface area contributed by atoms with E-state index in [1.54, 1.807) is 4.90 Å². The average molecular weight is 310 g/mol. The van der Waals surface area contributed by atoms with E-state index in [2.05, 4.69) is 4.98 Å². The number of likely N-dealkylation sites (tertiary alicyclic amines) is 1. The first kappa shape index (κ1) is 15.9. The van der Waals surface area contributed by atoms with Crippen LogP contribution in [0.5, 0.6) is 0 Å². The highest BCUT2D eigenvalue weighted by Gasteiger charge is 2.44. The molecule has 0 bridgehead atoms. The van der Waals surface area contributed by atoms with Gasteiger partial charge >= 0.3 is 5.97 Å². The summed E-state index contributed by atoms with van der Waals surface area (Å²) >= 11 is 1.44. The first-order valence-corrected chi connectivity index (χ1v) is 8.07. The first-order valence-electron chi connectivity index (χ1n) is 7.19. The molecule has 1 aliphatic rings. The van der Waals surface area contributed by atoms with Gasteiger partial charge in [-0.05, 0) is 40.5 Å². The predicted molar refractivity (Wildman–Crippen MR) is 81.2 cm³/mol. The standard InChI is InChI=1S/C15H22N2O3S/c1-9-8-21-13(16-9)12-10(14(19)20)6-5-7-11(18)17(12)15(2,3)4/h8,10,12H,5-7H2,1-4H3,(H,19,20). The lowest BCUT2D eigenvalue weighted by atomic mass is 9.92. The molecule has 1 aromatic heterocycles. The van der Waals surface area contributed by atoms with Gasteiger partial charge in [-0.2, -0.15) is 0 Å². The lowest BCUT2D eigenvalue weighted by Crippen LogP contribution is -2.49. The molecule has 0 aliphatic carbocycles. The van der Waals surface area contributed by atoms with Gasteiger partial charge in [0.1, 0.15) is 5.01 Å². The van der Waals surface area contributed by atoms with Crippen LogP contribution in [0.25, 0.3) is 0 Å². The van der Waals surface area contributed by atoms with Crippen LogP contribution in [0.2, 0.25) is 0 Å². The summed E-state index contributed by atoms with van der Waals surface area (Å²) in [4.78, 5) is 30.4. The molecular formula is C15H22N2O3S. The van der Waals surface area contributed by atoms with Crippen LogP contribution in [0.3, 0.4) is 0 Å². The van der Waals surface area contributed by atoms with Gasteiger partial charge in [-0.15, -0.1) is 11.3 Å². The molecule has 21 heavy (non-hydrogen) atoms. The second-order valence-electron chi connectivity index (χ2n) is 6.54. The Morgan fingerprint density at radius 2 is 2.14 bits per heavy atom. The maximum atomic E-state index is 12.5. The van der Waals surface area contributed by atoms with E-state index in [1.807, 2.05) is 33.1 Å². The quantitative estimate of drug-likeness (QED) is 0.911. The van der Waals surface area contributed by atoms with E-state index < -0.39 is 23.5 Å². The van der Waals surface area contributed by atoms with Crippen molar-refractivity contribution < 1.29 is 14.7 Å². The Hall–Kier alpha value is -1.43. The summed E-state index contributed by atoms with van der Waals surface area (Å²) in [5.41, 5.74) is 0.434. The van der Waals surface area contributed by atoms with Crippen molar-refractivity contribution in [3.8, 4) is 0 Å². The van der Waals surface area contributed by atoms with Gasteiger partial charge in [-0.1, -0.05) is 0 Å². The summed E-state index contributed by atoms with van der Waals surface area (Å²) in [6, 6.07) is -0.476. The number of nitrogens with zero attached hydrogens (tertiary/aromatic N) is 2. The van der Waals surface area contributed by atoms with Crippen molar-refractivity contribution in [2.24, 2.45) is 5.92 Å². The van der Waals surface area contributed by atoms with Crippen LogP contribution in [-0.2, 0) is 9.59 Å². The normalized spacial score (nSPS) is 24.0. The molecule has 2 heterocycles. The fraction of sp³-hybridized carbons (Fsp3) is 0.667. The largest absolute Gasteiger partial charge is 0.481 e. The van der Waals surface area contributed by atoms with Gasteiger partial charge in [-0.25, -0.2) is 4.98 Å². The van der Waals surface area contributed by atoms with Crippen LogP contribution in [0.4, 0.5) is 0 Å². The molecule has 1 aliphatic heterocycles. The Morgan fingerprint density at radius 1 is 1.48 bits per heavy atom. The SMILES string of the molecule is Cc1csc(C2C(C(=O)O)CCCC(=O)N2C(C)(C)C)n1. The fourth-order valence-corrected chi connectivity index (χ4v) is 3.88. The number of carboxylic acid groups (broad SMARTS) is 1. The number of aryl methyl sites for hydroxylation is 1. The van der Waals surface area contributed by atoms with Crippen LogP contribution in [0.15, 0.2) is 5.38 Å². The molecule has 0 saturated carbocycles. The lowest BCUT2D eigenvalue weighted by molar-refractivity contribution is -0.149. The molecule has 0 aromatic carbocycles. The molecular weight excluding hydrogens is 288 g/mol. The van der Waals surface area contributed by atoms with Crippen LogP contribution in [0.1, 0.15) is 56.8 Å². The topological polar surface area (TPSA) is 70.5 Å². The maximum absolute atomic E-state index is 12.5. The number of carbonyl (C=O) groups is 2. The second kappa shape index (κ2) is 5.75. The van der Waals surface area contributed by atoms with E-state index in [9.17, 15) is 14.7 Å². The molecule has 2 atom stereocenters. The Morgan fingerprint density at radius 3 is 2.62 bits per heavy atom.